The van der Waals surface area contributed by atoms with Gasteiger partial charge >= 0.3 is 0 Å². The van der Waals surface area contributed by atoms with E-state index in [2.05, 4.69) is 36.5 Å². The molecule has 0 radical (unpaired) electrons. The summed E-state index contributed by atoms with van der Waals surface area (Å²) in [5.41, 5.74) is 2.86. The van der Waals surface area contributed by atoms with Crippen molar-refractivity contribution in [2.45, 2.75) is 64.5 Å². The number of rotatable bonds is 3. The highest BCUT2D eigenvalue weighted by Crippen LogP contribution is 2.17. The third kappa shape index (κ3) is 4.99. The van der Waals surface area contributed by atoms with Gasteiger partial charge in [-0.3, -0.25) is 0 Å². The van der Waals surface area contributed by atoms with Crippen molar-refractivity contribution in [3.05, 3.63) is 35.4 Å². The molecule has 0 aliphatic heterocycles. The lowest BCUT2D eigenvalue weighted by atomic mass is 9.96. The molecule has 1 aromatic carbocycles. The minimum absolute atomic E-state index is 0. The van der Waals surface area contributed by atoms with Gasteiger partial charge in [0.25, 0.3) is 0 Å². The monoisotopic (exact) mass is 267 g/mol. The molecule has 1 aromatic rings. The molecular weight excluding hydrogens is 242 g/mol. The minimum Gasteiger partial charge on any atom is -0.310 e. The van der Waals surface area contributed by atoms with Gasteiger partial charge in [-0.25, -0.2) is 0 Å². The number of halogens is 1. The first-order chi connectivity index (χ1) is 8.36. The lowest BCUT2D eigenvalue weighted by Gasteiger charge is -2.21. The third-order valence-electron chi connectivity index (χ3n) is 3.95. The maximum Gasteiger partial charge on any atom is 0.0210 e. The summed E-state index contributed by atoms with van der Waals surface area (Å²) in [6.07, 6.45) is 9.87. The highest BCUT2D eigenvalue weighted by Gasteiger charge is 2.10. The largest absolute Gasteiger partial charge is 0.310 e. The predicted molar refractivity (Wildman–Crippen MR) is 81.4 cm³/mol. The van der Waals surface area contributed by atoms with Crippen LogP contribution in [0.2, 0.25) is 0 Å². The van der Waals surface area contributed by atoms with E-state index in [1.807, 2.05) is 0 Å². The van der Waals surface area contributed by atoms with Crippen molar-refractivity contribution in [3.8, 4) is 0 Å². The quantitative estimate of drug-likeness (QED) is 0.843. The van der Waals surface area contributed by atoms with Crippen LogP contribution in [0, 0.1) is 6.92 Å². The summed E-state index contributed by atoms with van der Waals surface area (Å²) in [5.74, 6) is 0. The summed E-state index contributed by atoms with van der Waals surface area (Å²) >= 11 is 0. The summed E-state index contributed by atoms with van der Waals surface area (Å²) in [6.45, 7) is 3.24. The lowest BCUT2D eigenvalue weighted by molar-refractivity contribution is 0.389. The van der Waals surface area contributed by atoms with Crippen molar-refractivity contribution >= 4 is 12.4 Å². The van der Waals surface area contributed by atoms with E-state index in [0.717, 1.165) is 12.6 Å². The van der Waals surface area contributed by atoms with Gasteiger partial charge in [-0.15, -0.1) is 12.4 Å². The average Bonchev–Trinajstić information content (AvgIpc) is 2.29. The van der Waals surface area contributed by atoms with Crippen LogP contribution >= 0.6 is 12.4 Å². The first kappa shape index (κ1) is 15.5. The molecule has 1 N–H and O–H groups in total. The number of aryl methyl sites for hydroxylation is 1. The zero-order valence-corrected chi connectivity index (χ0v) is 12.3. The second-order valence-electron chi connectivity index (χ2n) is 5.35. The van der Waals surface area contributed by atoms with Gasteiger partial charge < -0.3 is 5.32 Å². The maximum atomic E-state index is 3.75. The highest BCUT2D eigenvalue weighted by molar-refractivity contribution is 5.85. The van der Waals surface area contributed by atoms with Crippen LogP contribution in [0.4, 0.5) is 0 Å². The highest BCUT2D eigenvalue weighted by atomic mass is 35.5. The Morgan fingerprint density at radius 2 is 1.61 bits per heavy atom. The SMILES string of the molecule is Cc1ccccc1CNC1CCCCCCC1.Cl. The predicted octanol–water partition coefficient (Wildman–Crippen LogP) is 4.62. The van der Waals surface area contributed by atoms with Gasteiger partial charge in [0.2, 0.25) is 0 Å². The molecule has 1 saturated carbocycles. The van der Waals surface area contributed by atoms with Crippen LogP contribution in [0.5, 0.6) is 0 Å². The fourth-order valence-electron chi connectivity index (χ4n) is 2.72. The molecule has 102 valence electrons. The Hall–Kier alpha value is -0.530. The van der Waals surface area contributed by atoms with Gasteiger partial charge in [-0.2, -0.15) is 0 Å². The van der Waals surface area contributed by atoms with Gasteiger partial charge in [0.05, 0.1) is 0 Å². The van der Waals surface area contributed by atoms with Crippen molar-refractivity contribution in [1.82, 2.24) is 5.32 Å². The Morgan fingerprint density at radius 1 is 1.00 bits per heavy atom. The fraction of sp³-hybridized carbons (Fsp3) is 0.625. The van der Waals surface area contributed by atoms with Crippen LogP contribution in [0.3, 0.4) is 0 Å². The fourth-order valence-corrected chi connectivity index (χ4v) is 2.72. The van der Waals surface area contributed by atoms with Gasteiger partial charge in [-0.05, 0) is 30.9 Å². The molecule has 18 heavy (non-hydrogen) atoms. The number of benzene rings is 1. The lowest BCUT2D eigenvalue weighted by Crippen LogP contribution is -2.29. The molecule has 0 saturated heterocycles. The summed E-state index contributed by atoms with van der Waals surface area (Å²) < 4.78 is 0. The maximum absolute atomic E-state index is 3.75. The summed E-state index contributed by atoms with van der Waals surface area (Å²) in [4.78, 5) is 0. The summed E-state index contributed by atoms with van der Waals surface area (Å²) in [5, 5.41) is 3.75. The first-order valence-electron chi connectivity index (χ1n) is 7.14. The van der Waals surface area contributed by atoms with Gasteiger partial charge in [-0.1, -0.05) is 56.4 Å². The first-order valence-corrected chi connectivity index (χ1v) is 7.14. The van der Waals surface area contributed by atoms with Crippen LogP contribution in [0.25, 0.3) is 0 Å². The Kier molecular flexibility index (Phi) is 7.38. The molecule has 0 unspecified atom stereocenters. The molecule has 0 amide bonds. The standard InChI is InChI=1S/C16H25N.ClH/c1-14-9-7-8-10-15(14)13-17-16-11-5-3-2-4-6-12-16;/h7-10,16-17H,2-6,11-13H2,1H3;1H. The van der Waals surface area contributed by atoms with Crippen molar-refractivity contribution < 1.29 is 0 Å². The zero-order chi connectivity index (χ0) is 11.9. The third-order valence-corrected chi connectivity index (χ3v) is 3.95. The van der Waals surface area contributed by atoms with Crippen LogP contribution in [0.15, 0.2) is 24.3 Å². The molecule has 0 atom stereocenters. The second kappa shape index (κ2) is 8.55. The van der Waals surface area contributed by atoms with Gasteiger partial charge in [0.1, 0.15) is 0 Å². The second-order valence-corrected chi connectivity index (χ2v) is 5.35. The molecule has 1 fully saturated rings. The van der Waals surface area contributed by atoms with Crippen LogP contribution < -0.4 is 5.32 Å². The molecule has 0 heterocycles. The van der Waals surface area contributed by atoms with E-state index >= 15 is 0 Å². The van der Waals surface area contributed by atoms with Crippen LogP contribution in [-0.4, -0.2) is 6.04 Å². The van der Waals surface area contributed by atoms with Crippen LogP contribution in [-0.2, 0) is 6.54 Å². The summed E-state index contributed by atoms with van der Waals surface area (Å²) in [7, 11) is 0. The van der Waals surface area contributed by atoms with E-state index in [-0.39, 0.29) is 12.4 Å². The molecule has 2 heteroatoms. The van der Waals surface area contributed by atoms with E-state index in [1.165, 1.54) is 56.1 Å². The van der Waals surface area contributed by atoms with Crippen molar-refractivity contribution in [2.75, 3.05) is 0 Å². The zero-order valence-electron chi connectivity index (χ0n) is 11.5. The molecule has 0 aromatic heterocycles. The smallest absolute Gasteiger partial charge is 0.0210 e. The Balaban J connectivity index is 0.00000162. The van der Waals surface area contributed by atoms with Crippen molar-refractivity contribution in [1.29, 1.82) is 0 Å². The molecule has 0 spiro atoms. The molecule has 0 bridgehead atoms. The average molecular weight is 268 g/mol. The minimum atomic E-state index is 0. The Bertz CT molecular complexity index is 330. The molecule has 1 aliphatic carbocycles. The van der Waals surface area contributed by atoms with Crippen LogP contribution in [0.1, 0.15) is 56.1 Å². The molecule has 1 aliphatic rings. The van der Waals surface area contributed by atoms with Gasteiger partial charge in [0, 0.05) is 12.6 Å². The van der Waals surface area contributed by atoms with Gasteiger partial charge in [0.15, 0.2) is 0 Å². The van der Waals surface area contributed by atoms with E-state index < -0.39 is 0 Å². The Morgan fingerprint density at radius 3 is 2.28 bits per heavy atom. The van der Waals surface area contributed by atoms with E-state index in [1.54, 1.807) is 0 Å². The van der Waals surface area contributed by atoms with Crippen molar-refractivity contribution in [3.63, 3.8) is 0 Å². The molecule has 2 rings (SSSR count). The molecule has 1 nitrogen and oxygen atoms in total. The van der Waals surface area contributed by atoms with E-state index in [4.69, 9.17) is 0 Å². The normalized spacial score (nSPS) is 17.6. The number of nitrogens with one attached hydrogen (secondary N) is 1. The topological polar surface area (TPSA) is 12.0 Å². The Labute approximate surface area is 118 Å². The van der Waals surface area contributed by atoms with E-state index in [9.17, 15) is 0 Å². The number of hydrogen-bond acceptors (Lipinski definition) is 1. The van der Waals surface area contributed by atoms with Crippen molar-refractivity contribution in [2.24, 2.45) is 0 Å². The van der Waals surface area contributed by atoms with E-state index in [0.29, 0.717) is 0 Å². The molecular formula is C16H26ClN. The summed E-state index contributed by atoms with van der Waals surface area (Å²) in [6, 6.07) is 9.45. The number of hydrogen-bond donors (Lipinski definition) is 1.